The van der Waals surface area contributed by atoms with E-state index < -0.39 is 4.92 Å². The molecule has 6 nitrogen and oxygen atoms in total. The van der Waals surface area contributed by atoms with Crippen LogP contribution in [-0.4, -0.2) is 14.3 Å². The van der Waals surface area contributed by atoms with Gasteiger partial charge in [0.25, 0.3) is 11.2 Å². The van der Waals surface area contributed by atoms with Crippen molar-refractivity contribution in [1.29, 1.82) is 0 Å². The minimum absolute atomic E-state index is 0.0238. The molecule has 0 saturated heterocycles. The van der Waals surface area contributed by atoms with Crippen LogP contribution in [0.5, 0.6) is 0 Å². The van der Waals surface area contributed by atoms with Crippen molar-refractivity contribution < 1.29 is 4.92 Å². The molecule has 0 aliphatic carbocycles. The molecule has 0 unspecified atom stereocenters. The third-order valence-corrected chi connectivity index (χ3v) is 5.24. The van der Waals surface area contributed by atoms with E-state index in [0.29, 0.717) is 15.1 Å². The van der Waals surface area contributed by atoms with Gasteiger partial charge in [-0.15, -0.1) is 0 Å². The maximum atomic E-state index is 12.8. The molecule has 0 N–H and O–H groups in total. The molecule has 2 heterocycles. The highest BCUT2D eigenvalue weighted by Gasteiger charge is 2.14. The third kappa shape index (κ3) is 2.40. The summed E-state index contributed by atoms with van der Waals surface area (Å²) in [6.07, 6.45) is 1.56. The number of aromatic nitrogens is 2. The van der Waals surface area contributed by atoms with Gasteiger partial charge in [0.15, 0.2) is 4.96 Å². The molecule has 2 aromatic carbocycles. The molecule has 0 fully saturated rings. The molecule has 0 saturated carbocycles. The molecular weight excluding hydrogens is 338 g/mol. The van der Waals surface area contributed by atoms with Crippen LogP contribution in [0.4, 0.5) is 5.69 Å². The molecule has 0 aliphatic heterocycles. The number of aryl methyl sites for hydroxylation is 2. The standard InChI is InChI=1S/C18H13N3O3S/c1-10-7-13-15(8-11(10)2)20-17(22)16(25-18(20)19-13)9-12-5-3-4-6-14(12)21(23)24/h3-9H,1-2H3. The molecule has 0 bridgehead atoms. The number of para-hydroxylation sites is 1. The largest absolute Gasteiger partial charge is 0.276 e. The van der Waals surface area contributed by atoms with Crippen LogP contribution < -0.4 is 10.1 Å². The number of rotatable bonds is 2. The monoisotopic (exact) mass is 351 g/mol. The van der Waals surface area contributed by atoms with Gasteiger partial charge >= 0.3 is 0 Å². The van der Waals surface area contributed by atoms with Gasteiger partial charge in [0.1, 0.15) is 0 Å². The summed E-state index contributed by atoms with van der Waals surface area (Å²) >= 11 is 1.24. The topological polar surface area (TPSA) is 77.5 Å². The zero-order valence-electron chi connectivity index (χ0n) is 13.5. The van der Waals surface area contributed by atoms with Crippen LogP contribution in [-0.2, 0) is 0 Å². The zero-order chi connectivity index (χ0) is 17.7. The van der Waals surface area contributed by atoms with Crippen molar-refractivity contribution in [2.45, 2.75) is 13.8 Å². The number of nitrogens with zero attached hydrogens (tertiary/aromatic N) is 3. The molecule has 7 heteroatoms. The van der Waals surface area contributed by atoms with E-state index in [4.69, 9.17) is 0 Å². The number of benzene rings is 2. The van der Waals surface area contributed by atoms with E-state index >= 15 is 0 Å². The summed E-state index contributed by atoms with van der Waals surface area (Å²) in [5, 5.41) is 11.2. The second kappa shape index (κ2) is 5.49. The fourth-order valence-electron chi connectivity index (χ4n) is 2.84. The molecule has 25 heavy (non-hydrogen) atoms. The summed E-state index contributed by atoms with van der Waals surface area (Å²) in [5.74, 6) is 0. The number of hydrogen-bond acceptors (Lipinski definition) is 5. The number of nitro benzene ring substituents is 1. The van der Waals surface area contributed by atoms with E-state index in [1.165, 1.54) is 17.4 Å². The summed E-state index contributed by atoms with van der Waals surface area (Å²) in [6, 6.07) is 10.3. The first-order valence-electron chi connectivity index (χ1n) is 7.63. The normalized spacial score (nSPS) is 12.3. The molecule has 4 rings (SSSR count). The summed E-state index contributed by atoms with van der Waals surface area (Å²) in [4.78, 5) is 28.6. The van der Waals surface area contributed by atoms with Gasteiger partial charge in [0, 0.05) is 6.07 Å². The van der Waals surface area contributed by atoms with Crippen molar-refractivity contribution in [1.82, 2.24) is 9.38 Å². The van der Waals surface area contributed by atoms with Gasteiger partial charge in [-0.3, -0.25) is 14.9 Å². The Morgan fingerprint density at radius 3 is 2.68 bits per heavy atom. The highest BCUT2D eigenvalue weighted by atomic mass is 32.1. The van der Waals surface area contributed by atoms with Gasteiger partial charge in [-0.25, -0.2) is 9.38 Å². The van der Waals surface area contributed by atoms with Crippen LogP contribution in [0.1, 0.15) is 16.7 Å². The molecule has 4 aromatic rings. The van der Waals surface area contributed by atoms with Gasteiger partial charge in [-0.2, -0.15) is 0 Å². The van der Waals surface area contributed by atoms with Crippen molar-refractivity contribution in [2.24, 2.45) is 0 Å². The Morgan fingerprint density at radius 1 is 1.20 bits per heavy atom. The van der Waals surface area contributed by atoms with Crippen molar-refractivity contribution >= 4 is 39.1 Å². The quantitative estimate of drug-likeness (QED) is 0.411. The average Bonchev–Trinajstić information content (AvgIpc) is 3.05. The second-order valence-electron chi connectivity index (χ2n) is 5.89. The lowest BCUT2D eigenvalue weighted by atomic mass is 10.1. The Morgan fingerprint density at radius 2 is 1.92 bits per heavy atom. The summed E-state index contributed by atoms with van der Waals surface area (Å²) in [6.45, 7) is 4.00. The lowest BCUT2D eigenvalue weighted by Gasteiger charge is -1.98. The lowest BCUT2D eigenvalue weighted by Crippen LogP contribution is -2.22. The molecule has 0 atom stereocenters. The number of imidazole rings is 1. The summed E-state index contributed by atoms with van der Waals surface area (Å²) in [5.41, 5.74) is 3.94. The Kier molecular flexibility index (Phi) is 3.40. The Labute approximate surface area is 145 Å². The molecule has 0 radical (unpaired) electrons. The third-order valence-electron chi connectivity index (χ3n) is 4.27. The van der Waals surface area contributed by atoms with E-state index in [-0.39, 0.29) is 11.2 Å². The highest BCUT2D eigenvalue weighted by molar-refractivity contribution is 7.15. The van der Waals surface area contributed by atoms with E-state index in [9.17, 15) is 14.9 Å². The molecule has 2 aromatic heterocycles. The van der Waals surface area contributed by atoms with Crippen LogP contribution in [0, 0.1) is 24.0 Å². The van der Waals surface area contributed by atoms with E-state index in [1.807, 2.05) is 26.0 Å². The van der Waals surface area contributed by atoms with E-state index in [1.54, 1.807) is 28.7 Å². The SMILES string of the molecule is Cc1cc2nc3sc(=Cc4ccccc4[N+](=O)[O-])c(=O)n3c2cc1C. The maximum Gasteiger partial charge on any atom is 0.276 e. The van der Waals surface area contributed by atoms with Crippen molar-refractivity contribution in [2.75, 3.05) is 0 Å². The molecule has 0 amide bonds. The highest BCUT2D eigenvalue weighted by Crippen LogP contribution is 2.21. The fourth-order valence-corrected chi connectivity index (χ4v) is 3.81. The van der Waals surface area contributed by atoms with Crippen LogP contribution in [0.15, 0.2) is 41.2 Å². The number of hydrogen-bond donors (Lipinski definition) is 0. The minimum Gasteiger partial charge on any atom is -0.267 e. The summed E-state index contributed by atoms with van der Waals surface area (Å²) in [7, 11) is 0. The van der Waals surface area contributed by atoms with Crippen LogP contribution in [0.2, 0.25) is 0 Å². The van der Waals surface area contributed by atoms with Gasteiger partial charge in [-0.05, 0) is 49.2 Å². The van der Waals surface area contributed by atoms with Crippen molar-refractivity contribution in [3.05, 3.63) is 78.1 Å². The molecule has 124 valence electrons. The number of nitro groups is 1. The number of fused-ring (bicyclic) bond motifs is 3. The van der Waals surface area contributed by atoms with Crippen molar-refractivity contribution in [3.8, 4) is 0 Å². The maximum absolute atomic E-state index is 12.8. The Bertz CT molecular complexity index is 1270. The van der Waals surface area contributed by atoms with Gasteiger partial charge in [0.2, 0.25) is 0 Å². The number of thiazole rings is 1. The average molecular weight is 351 g/mol. The van der Waals surface area contributed by atoms with Gasteiger partial charge in [-0.1, -0.05) is 23.5 Å². The Balaban J connectivity index is 2.02. The first-order chi connectivity index (χ1) is 12.0. The van der Waals surface area contributed by atoms with Crippen LogP contribution >= 0.6 is 11.3 Å². The van der Waals surface area contributed by atoms with Gasteiger partial charge in [0.05, 0.1) is 26.1 Å². The first kappa shape index (κ1) is 15.5. The predicted octanol–water partition coefficient (Wildman–Crippen LogP) is 2.98. The zero-order valence-corrected chi connectivity index (χ0v) is 14.3. The molecular formula is C18H13N3O3S. The van der Waals surface area contributed by atoms with E-state index in [2.05, 4.69) is 4.98 Å². The molecule has 0 aliphatic rings. The summed E-state index contributed by atoms with van der Waals surface area (Å²) < 4.78 is 2.00. The second-order valence-corrected chi connectivity index (χ2v) is 6.90. The first-order valence-corrected chi connectivity index (χ1v) is 8.45. The minimum atomic E-state index is -0.448. The lowest BCUT2D eigenvalue weighted by molar-refractivity contribution is -0.385. The predicted molar refractivity (Wildman–Crippen MR) is 98.2 cm³/mol. The van der Waals surface area contributed by atoms with Gasteiger partial charge < -0.3 is 0 Å². The van der Waals surface area contributed by atoms with E-state index in [0.717, 1.165) is 22.2 Å². The van der Waals surface area contributed by atoms with Crippen molar-refractivity contribution in [3.63, 3.8) is 0 Å². The smallest absolute Gasteiger partial charge is 0.267 e. The molecule has 0 spiro atoms. The fraction of sp³-hybridized carbons (Fsp3) is 0.111. The van der Waals surface area contributed by atoms with Crippen LogP contribution in [0.3, 0.4) is 0 Å². The Hall–Kier alpha value is -3.06. The van der Waals surface area contributed by atoms with Crippen LogP contribution in [0.25, 0.3) is 22.1 Å².